The zero-order valence-corrected chi connectivity index (χ0v) is 18.1. The van der Waals surface area contributed by atoms with Crippen molar-refractivity contribution in [3.63, 3.8) is 0 Å². The van der Waals surface area contributed by atoms with Crippen LogP contribution in [-0.4, -0.2) is 35.2 Å². The number of imidazole rings is 1. The van der Waals surface area contributed by atoms with Crippen LogP contribution >= 0.6 is 24.0 Å². The van der Waals surface area contributed by atoms with E-state index in [4.69, 9.17) is 4.74 Å². The average Bonchev–Trinajstić information content (AvgIpc) is 3.03. The molecule has 1 aromatic heterocycles. The highest BCUT2D eigenvalue weighted by molar-refractivity contribution is 14.0. The number of guanidine groups is 1. The molecule has 7 heteroatoms. The minimum Gasteiger partial charge on any atom is -0.492 e. The van der Waals surface area contributed by atoms with E-state index in [1.165, 1.54) is 0 Å². The molecule has 6 nitrogen and oxygen atoms in total. The van der Waals surface area contributed by atoms with E-state index in [1.54, 1.807) is 0 Å². The number of nitrogens with zero attached hydrogens (tertiary/aromatic N) is 3. The highest BCUT2D eigenvalue weighted by Crippen LogP contribution is 2.07. The van der Waals surface area contributed by atoms with Gasteiger partial charge in [-0.05, 0) is 25.0 Å². The van der Waals surface area contributed by atoms with Crippen molar-refractivity contribution in [3.8, 4) is 5.75 Å². The lowest BCUT2D eigenvalue weighted by atomic mass is 10.2. The molecule has 0 bridgehead atoms. The Morgan fingerprint density at radius 1 is 1.23 bits per heavy atom. The Morgan fingerprint density at radius 2 is 2.00 bits per heavy atom. The van der Waals surface area contributed by atoms with Gasteiger partial charge in [0.2, 0.25) is 0 Å². The summed E-state index contributed by atoms with van der Waals surface area (Å²) in [4.78, 5) is 9.04. The third kappa shape index (κ3) is 8.07. The number of ether oxygens (including phenoxy) is 1. The molecular formula is C19H30IN5O. The standard InChI is InChI=1S/C19H29N5O.HI/c1-4-20-19(22-11-13-25-17-8-6-5-7-9-17)23-14-18-21-10-12-24(18)15-16(2)3;/h5-10,12,16H,4,11,13-15H2,1-3H3,(H2,20,22,23);1H. The molecule has 0 aliphatic rings. The molecule has 2 aromatic rings. The van der Waals surface area contributed by atoms with Crippen LogP contribution < -0.4 is 15.4 Å². The van der Waals surface area contributed by atoms with Crippen LogP contribution in [0.1, 0.15) is 26.6 Å². The van der Waals surface area contributed by atoms with E-state index in [9.17, 15) is 0 Å². The second-order valence-electron chi connectivity index (χ2n) is 6.17. The van der Waals surface area contributed by atoms with E-state index in [2.05, 4.69) is 45.9 Å². The van der Waals surface area contributed by atoms with Crippen LogP contribution in [0.3, 0.4) is 0 Å². The predicted molar refractivity (Wildman–Crippen MR) is 117 cm³/mol. The van der Waals surface area contributed by atoms with Gasteiger partial charge in [-0.2, -0.15) is 0 Å². The van der Waals surface area contributed by atoms with Crippen molar-refractivity contribution in [3.05, 3.63) is 48.5 Å². The van der Waals surface area contributed by atoms with Gasteiger partial charge in [-0.1, -0.05) is 32.0 Å². The molecule has 0 atom stereocenters. The predicted octanol–water partition coefficient (Wildman–Crippen LogP) is 3.29. The van der Waals surface area contributed by atoms with Gasteiger partial charge in [0, 0.05) is 25.5 Å². The maximum atomic E-state index is 5.69. The first-order valence-electron chi connectivity index (χ1n) is 8.89. The van der Waals surface area contributed by atoms with Crippen molar-refractivity contribution in [2.24, 2.45) is 10.9 Å². The van der Waals surface area contributed by atoms with Crippen molar-refractivity contribution >= 4 is 29.9 Å². The zero-order chi connectivity index (χ0) is 17.9. The van der Waals surface area contributed by atoms with Gasteiger partial charge in [0.05, 0.1) is 6.54 Å². The second-order valence-corrected chi connectivity index (χ2v) is 6.17. The van der Waals surface area contributed by atoms with Gasteiger partial charge in [-0.3, -0.25) is 0 Å². The van der Waals surface area contributed by atoms with E-state index in [1.807, 2.05) is 42.7 Å². The summed E-state index contributed by atoms with van der Waals surface area (Å²) in [6.07, 6.45) is 3.85. The lowest BCUT2D eigenvalue weighted by Crippen LogP contribution is -2.39. The largest absolute Gasteiger partial charge is 0.492 e. The van der Waals surface area contributed by atoms with Crippen molar-refractivity contribution in [2.75, 3.05) is 19.7 Å². The van der Waals surface area contributed by atoms with Crippen LogP contribution in [0, 0.1) is 5.92 Å². The first-order chi connectivity index (χ1) is 12.2. The number of halogens is 1. The van der Waals surface area contributed by atoms with Crippen molar-refractivity contribution in [1.82, 2.24) is 20.2 Å². The smallest absolute Gasteiger partial charge is 0.191 e. The summed E-state index contributed by atoms with van der Waals surface area (Å²) in [7, 11) is 0. The fourth-order valence-electron chi connectivity index (χ4n) is 2.40. The Labute approximate surface area is 173 Å². The molecule has 0 aliphatic heterocycles. The summed E-state index contributed by atoms with van der Waals surface area (Å²) in [6.45, 7) is 10.0. The molecule has 0 unspecified atom stereocenters. The SMILES string of the molecule is CCNC(=NCc1nccn1CC(C)C)NCCOc1ccccc1.I. The summed E-state index contributed by atoms with van der Waals surface area (Å²) in [6, 6.07) is 9.81. The molecule has 0 radical (unpaired) electrons. The number of hydrogen-bond donors (Lipinski definition) is 2. The molecule has 0 amide bonds. The van der Waals surface area contributed by atoms with Gasteiger partial charge >= 0.3 is 0 Å². The normalized spacial score (nSPS) is 11.2. The third-order valence-electron chi connectivity index (χ3n) is 3.49. The Bertz CT molecular complexity index is 642. The molecule has 0 saturated carbocycles. The average molecular weight is 471 g/mol. The minimum atomic E-state index is 0. The molecule has 2 rings (SSSR count). The Hall–Kier alpha value is -1.77. The number of hydrogen-bond acceptors (Lipinski definition) is 3. The number of para-hydroxylation sites is 1. The first-order valence-corrected chi connectivity index (χ1v) is 8.89. The summed E-state index contributed by atoms with van der Waals surface area (Å²) in [5.74, 6) is 3.21. The Morgan fingerprint density at radius 3 is 2.69 bits per heavy atom. The lowest BCUT2D eigenvalue weighted by molar-refractivity contribution is 0.322. The fraction of sp³-hybridized carbons (Fsp3) is 0.474. The highest BCUT2D eigenvalue weighted by Gasteiger charge is 2.05. The lowest BCUT2D eigenvalue weighted by Gasteiger charge is -2.13. The monoisotopic (exact) mass is 471 g/mol. The van der Waals surface area contributed by atoms with E-state index in [0.29, 0.717) is 25.6 Å². The van der Waals surface area contributed by atoms with E-state index in [0.717, 1.165) is 30.6 Å². The molecule has 1 heterocycles. The Balaban J connectivity index is 0.00000338. The molecule has 2 N–H and O–H groups in total. The van der Waals surface area contributed by atoms with Gasteiger partial charge in [-0.25, -0.2) is 9.98 Å². The number of rotatable bonds is 9. The molecular weight excluding hydrogens is 441 g/mol. The van der Waals surface area contributed by atoms with Crippen molar-refractivity contribution in [2.45, 2.75) is 33.9 Å². The van der Waals surface area contributed by atoms with Gasteiger partial charge in [0.1, 0.15) is 24.7 Å². The van der Waals surface area contributed by atoms with Gasteiger partial charge in [0.25, 0.3) is 0 Å². The number of aliphatic imine (C=N–C) groups is 1. The molecule has 0 aliphatic carbocycles. The zero-order valence-electron chi connectivity index (χ0n) is 15.8. The van der Waals surface area contributed by atoms with Gasteiger partial charge < -0.3 is 19.9 Å². The van der Waals surface area contributed by atoms with E-state index >= 15 is 0 Å². The number of nitrogens with one attached hydrogen (secondary N) is 2. The maximum absolute atomic E-state index is 5.69. The molecule has 0 spiro atoms. The van der Waals surface area contributed by atoms with Crippen LogP contribution in [-0.2, 0) is 13.1 Å². The van der Waals surface area contributed by atoms with E-state index in [-0.39, 0.29) is 24.0 Å². The van der Waals surface area contributed by atoms with Gasteiger partial charge in [0.15, 0.2) is 5.96 Å². The highest BCUT2D eigenvalue weighted by atomic mass is 127. The van der Waals surface area contributed by atoms with Gasteiger partial charge in [-0.15, -0.1) is 24.0 Å². The van der Waals surface area contributed by atoms with Crippen molar-refractivity contribution in [1.29, 1.82) is 0 Å². The summed E-state index contributed by atoms with van der Waals surface area (Å²) < 4.78 is 7.85. The van der Waals surface area contributed by atoms with Crippen LogP contribution in [0.25, 0.3) is 0 Å². The first kappa shape index (κ1) is 22.3. The Kier molecular flexibility index (Phi) is 10.8. The van der Waals surface area contributed by atoms with E-state index < -0.39 is 0 Å². The minimum absolute atomic E-state index is 0. The molecule has 1 aromatic carbocycles. The van der Waals surface area contributed by atoms with Crippen molar-refractivity contribution < 1.29 is 4.74 Å². The maximum Gasteiger partial charge on any atom is 0.191 e. The summed E-state index contributed by atoms with van der Waals surface area (Å²) in [5, 5.41) is 6.54. The molecule has 26 heavy (non-hydrogen) atoms. The number of aromatic nitrogens is 2. The second kappa shape index (κ2) is 12.6. The molecule has 0 fully saturated rings. The third-order valence-corrected chi connectivity index (χ3v) is 3.49. The number of benzene rings is 1. The molecule has 144 valence electrons. The van der Waals surface area contributed by atoms with Crippen LogP contribution in [0.4, 0.5) is 0 Å². The van der Waals surface area contributed by atoms with Crippen LogP contribution in [0.5, 0.6) is 5.75 Å². The summed E-state index contributed by atoms with van der Waals surface area (Å²) >= 11 is 0. The van der Waals surface area contributed by atoms with Crippen LogP contribution in [0.15, 0.2) is 47.7 Å². The topological polar surface area (TPSA) is 63.5 Å². The quantitative estimate of drug-likeness (QED) is 0.255. The summed E-state index contributed by atoms with van der Waals surface area (Å²) in [5.41, 5.74) is 0. The molecule has 0 saturated heterocycles. The van der Waals surface area contributed by atoms with Crippen LogP contribution in [0.2, 0.25) is 0 Å². The fourth-order valence-corrected chi connectivity index (χ4v) is 2.40.